The lowest BCUT2D eigenvalue weighted by molar-refractivity contribution is 0.182. The van der Waals surface area contributed by atoms with Gasteiger partial charge in [-0.2, -0.15) is 0 Å². The Morgan fingerprint density at radius 1 is 1.22 bits per heavy atom. The van der Waals surface area contributed by atoms with Gasteiger partial charge in [0.2, 0.25) is 0 Å². The summed E-state index contributed by atoms with van der Waals surface area (Å²) in [5, 5.41) is 3.38. The van der Waals surface area contributed by atoms with Crippen molar-refractivity contribution in [3.8, 4) is 0 Å². The van der Waals surface area contributed by atoms with Crippen LogP contribution in [0.25, 0.3) is 0 Å². The molecule has 2 atom stereocenters. The SMILES string of the molecule is C1C[C@@H]2COC[C@@H]2CN1. The number of hydrogen-bond donors (Lipinski definition) is 1. The van der Waals surface area contributed by atoms with Crippen LogP contribution in [0.4, 0.5) is 0 Å². The summed E-state index contributed by atoms with van der Waals surface area (Å²) in [6.45, 7) is 4.40. The van der Waals surface area contributed by atoms with Crippen molar-refractivity contribution in [3.05, 3.63) is 0 Å². The molecular formula is C7H13NO. The van der Waals surface area contributed by atoms with Crippen molar-refractivity contribution in [1.82, 2.24) is 5.32 Å². The van der Waals surface area contributed by atoms with E-state index in [0.29, 0.717) is 0 Å². The number of fused-ring (bicyclic) bond motifs is 1. The van der Waals surface area contributed by atoms with Crippen LogP contribution in [0.3, 0.4) is 0 Å². The highest BCUT2D eigenvalue weighted by Gasteiger charge is 2.29. The Bertz CT molecular complexity index is 93.1. The van der Waals surface area contributed by atoms with Gasteiger partial charge < -0.3 is 10.1 Å². The Morgan fingerprint density at radius 3 is 3.00 bits per heavy atom. The first-order valence-corrected chi connectivity index (χ1v) is 3.75. The molecule has 0 aromatic carbocycles. The van der Waals surface area contributed by atoms with Gasteiger partial charge in [0, 0.05) is 13.2 Å². The quantitative estimate of drug-likeness (QED) is 0.503. The highest BCUT2D eigenvalue weighted by molar-refractivity contribution is 4.81. The molecule has 0 spiro atoms. The molecule has 0 saturated carbocycles. The fourth-order valence-electron chi connectivity index (χ4n) is 1.76. The molecule has 0 radical (unpaired) electrons. The van der Waals surface area contributed by atoms with Gasteiger partial charge in [0.1, 0.15) is 0 Å². The minimum Gasteiger partial charge on any atom is -0.381 e. The highest BCUT2D eigenvalue weighted by atomic mass is 16.5. The lowest BCUT2D eigenvalue weighted by Crippen LogP contribution is -2.35. The molecule has 9 heavy (non-hydrogen) atoms. The lowest BCUT2D eigenvalue weighted by Gasteiger charge is -2.23. The summed E-state index contributed by atoms with van der Waals surface area (Å²) in [5.41, 5.74) is 0. The van der Waals surface area contributed by atoms with E-state index < -0.39 is 0 Å². The average Bonchev–Trinajstić information content (AvgIpc) is 2.33. The predicted octanol–water partition coefficient (Wildman–Crippen LogP) is 0.242. The zero-order valence-electron chi connectivity index (χ0n) is 5.60. The monoisotopic (exact) mass is 127 g/mol. The van der Waals surface area contributed by atoms with Crippen LogP contribution in [0.1, 0.15) is 6.42 Å². The number of nitrogens with one attached hydrogen (secondary N) is 1. The Morgan fingerprint density at radius 2 is 2.11 bits per heavy atom. The summed E-state index contributed by atoms with van der Waals surface area (Å²) in [6.07, 6.45) is 1.32. The molecule has 0 aliphatic carbocycles. The molecule has 2 saturated heterocycles. The second kappa shape index (κ2) is 2.27. The van der Waals surface area contributed by atoms with Crippen LogP contribution in [0.15, 0.2) is 0 Å². The molecule has 2 heteroatoms. The normalized spacial score (nSPS) is 42.7. The molecule has 52 valence electrons. The van der Waals surface area contributed by atoms with Gasteiger partial charge in [-0.25, -0.2) is 0 Å². The lowest BCUT2D eigenvalue weighted by atomic mass is 9.90. The maximum atomic E-state index is 5.35. The van der Waals surface area contributed by atoms with E-state index in [0.717, 1.165) is 25.0 Å². The van der Waals surface area contributed by atoms with Crippen LogP contribution in [-0.2, 0) is 4.74 Å². The molecule has 2 fully saturated rings. The Kier molecular flexibility index (Phi) is 1.44. The van der Waals surface area contributed by atoms with Crippen molar-refractivity contribution in [2.75, 3.05) is 26.3 Å². The largest absolute Gasteiger partial charge is 0.381 e. The van der Waals surface area contributed by atoms with E-state index in [1.165, 1.54) is 19.5 Å². The third-order valence-corrected chi connectivity index (χ3v) is 2.43. The molecule has 0 unspecified atom stereocenters. The van der Waals surface area contributed by atoms with Crippen molar-refractivity contribution in [2.24, 2.45) is 11.8 Å². The van der Waals surface area contributed by atoms with E-state index in [2.05, 4.69) is 5.32 Å². The van der Waals surface area contributed by atoms with Gasteiger partial charge in [-0.15, -0.1) is 0 Å². The molecule has 0 bridgehead atoms. The van der Waals surface area contributed by atoms with Crippen LogP contribution in [0.2, 0.25) is 0 Å². The first kappa shape index (κ1) is 5.69. The minimum absolute atomic E-state index is 0.832. The molecule has 0 aromatic heterocycles. The van der Waals surface area contributed by atoms with Gasteiger partial charge in [0.05, 0.1) is 6.61 Å². The van der Waals surface area contributed by atoms with Gasteiger partial charge in [-0.1, -0.05) is 0 Å². The number of hydrogen-bond acceptors (Lipinski definition) is 2. The Balaban J connectivity index is 1.97. The highest BCUT2D eigenvalue weighted by Crippen LogP contribution is 2.25. The third-order valence-electron chi connectivity index (χ3n) is 2.43. The van der Waals surface area contributed by atoms with Gasteiger partial charge in [-0.05, 0) is 24.8 Å². The zero-order chi connectivity index (χ0) is 6.10. The third kappa shape index (κ3) is 0.970. The predicted molar refractivity (Wildman–Crippen MR) is 35.3 cm³/mol. The topological polar surface area (TPSA) is 21.3 Å². The molecule has 1 N–H and O–H groups in total. The number of rotatable bonds is 0. The summed E-state index contributed by atoms with van der Waals surface area (Å²) in [6, 6.07) is 0. The van der Waals surface area contributed by atoms with E-state index in [1.807, 2.05) is 0 Å². The molecular weight excluding hydrogens is 114 g/mol. The molecule has 2 nitrogen and oxygen atoms in total. The zero-order valence-corrected chi connectivity index (χ0v) is 5.60. The fraction of sp³-hybridized carbons (Fsp3) is 1.00. The molecule has 2 aliphatic heterocycles. The standard InChI is InChI=1S/C7H13NO/c1-2-8-3-7-5-9-4-6(1)7/h6-8H,1-5H2/t6-,7+/m1/s1. The minimum atomic E-state index is 0.832. The summed E-state index contributed by atoms with van der Waals surface area (Å²) < 4.78 is 5.35. The van der Waals surface area contributed by atoms with Gasteiger partial charge in [0.25, 0.3) is 0 Å². The molecule has 2 rings (SSSR count). The maximum absolute atomic E-state index is 5.35. The van der Waals surface area contributed by atoms with Crippen molar-refractivity contribution in [2.45, 2.75) is 6.42 Å². The molecule has 2 heterocycles. The Hall–Kier alpha value is -0.0800. The smallest absolute Gasteiger partial charge is 0.0510 e. The van der Waals surface area contributed by atoms with Crippen LogP contribution < -0.4 is 5.32 Å². The maximum Gasteiger partial charge on any atom is 0.0510 e. The number of piperidine rings is 1. The van der Waals surface area contributed by atoms with Gasteiger partial charge >= 0.3 is 0 Å². The fourth-order valence-corrected chi connectivity index (χ4v) is 1.76. The van der Waals surface area contributed by atoms with Crippen LogP contribution in [-0.4, -0.2) is 26.3 Å². The van der Waals surface area contributed by atoms with E-state index in [-0.39, 0.29) is 0 Å². The van der Waals surface area contributed by atoms with Gasteiger partial charge in [0.15, 0.2) is 0 Å². The van der Waals surface area contributed by atoms with Crippen LogP contribution >= 0.6 is 0 Å². The van der Waals surface area contributed by atoms with E-state index in [4.69, 9.17) is 4.74 Å². The second-order valence-electron chi connectivity index (χ2n) is 3.05. The van der Waals surface area contributed by atoms with E-state index in [1.54, 1.807) is 0 Å². The second-order valence-corrected chi connectivity index (χ2v) is 3.05. The van der Waals surface area contributed by atoms with Crippen molar-refractivity contribution >= 4 is 0 Å². The first-order chi connectivity index (χ1) is 4.47. The molecule has 0 amide bonds. The first-order valence-electron chi connectivity index (χ1n) is 3.75. The van der Waals surface area contributed by atoms with Crippen molar-refractivity contribution in [1.29, 1.82) is 0 Å². The number of ether oxygens (including phenoxy) is 1. The van der Waals surface area contributed by atoms with E-state index in [9.17, 15) is 0 Å². The summed E-state index contributed by atoms with van der Waals surface area (Å²) in [4.78, 5) is 0. The van der Waals surface area contributed by atoms with Crippen molar-refractivity contribution < 1.29 is 4.74 Å². The average molecular weight is 127 g/mol. The summed E-state index contributed by atoms with van der Waals surface area (Å²) in [7, 11) is 0. The summed E-state index contributed by atoms with van der Waals surface area (Å²) >= 11 is 0. The van der Waals surface area contributed by atoms with Crippen LogP contribution in [0.5, 0.6) is 0 Å². The van der Waals surface area contributed by atoms with Crippen molar-refractivity contribution in [3.63, 3.8) is 0 Å². The van der Waals surface area contributed by atoms with Gasteiger partial charge in [-0.3, -0.25) is 0 Å². The Labute approximate surface area is 55.6 Å². The summed E-state index contributed by atoms with van der Waals surface area (Å²) in [5.74, 6) is 1.71. The van der Waals surface area contributed by atoms with Crippen LogP contribution in [0, 0.1) is 11.8 Å². The molecule has 2 aliphatic rings. The van der Waals surface area contributed by atoms with E-state index >= 15 is 0 Å². The molecule has 0 aromatic rings.